The average molecular weight is 395 g/mol. The quantitative estimate of drug-likeness (QED) is 0.561. The summed E-state index contributed by atoms with van der Waals surface area (Å²) in [6.45, 7) is 1.85. The molecule has 1 aromatic carbocycles. The van der Waals surface area contributed by atoms with Gasteiger partial charge in [-0.05, 0) is 53.3 Å². The lowest BCUT2D eigenvalue weighted by Gasteiger charge is -2.14. The normalized spacial score (nSPS) is 13.2. The van der Waals surface area contributed by atoms with Crippen LogP contribution in [-0.4, -0.2) is 16.4 Å². The molecule has 0 fully saturated rings. The summed E-state index contributed by atoms with van der Waals surface area (Å²) in [4.78, 5) is 35.7. The Bertz CT molecular complexity index is 870. The van der Waals surface area contributed by atoms with Crippen molar-refractivity contribution in [3.63, 3.8) is 0 Å². The predicted octanol–water partition coefficient (Wildman–Crippen LogP) is 1.22. The summed E-state index contributed by atoms with van der Waals surface area (Å²) in [5, 5.41) is 2.14. The van der Waals surface area contributed by atoms with Gasteiger partial charge in [0.1, 0.15) is 5.82 Å². The molecule has 0 bridgehead atoms. The highest BCUT2D eigenvalue weighted by Crippen LogP contribution is 2.24. The Morgan fingerprint density at radius 3 is 2.52 bits per heavy atom. The lowest BCUT2D eigenvalue weighted by molar-refractivity contribution is 0.0880. The third-order valence-corrected chi connectivity index (χ3v) is 4.02. The molecular formula is C14H10IN3O3. The first-order chi connectivity index (χ1) is 9.90. The lowest BCUT2D eigenvalue weighted by Crippen LogP contribution is -2.24. The fraction of sp³-hybridized carbons (Fsp3) is 0.0714. The van der Waals surface area contributed by atoms with Crippen molar-refractivity contribution < 1.29 is 9.59 Å². The molecule has 21 heavy (non-hydrogen) atoms. The standard InChI is InChI=1S/C14H10IN3O3/c1-6-4-7(15)2-3-9(6)18-10(19)5-8-11(12(18)16)14(21)17-13(8)20/h2-5H,16H2,1H3,(H,17,20,21). The van der Waals surface area contributed by atoms with Gasteiger partial charge in [0.15, 0.2) is 0 Å². The van der Waals surface area contributed by atoms with Gasteiger partial charge >= 0.3 is 0 Å². The number of carbonyl (C=O) groups is 2. The second kappa shape index (κ2) is 4.69. The number of nitrogens with one attached hydrogen (secondary N) is 1. The zero-order chi connectivity index (χ0) is 15.3. The number of aromatic nitrogens is 1. The van der Waals surface area contributed by atoms with Crippen molar-refractivity contribution in [1.82, 2.24) is 9.88 Å². The molecule has 0 atom stereocenters. The molecular weight excluding hydrogens is 385 g/mol. The van der Waals surface area contributed by atoms with E-state index in [2.05, 4.69) is 27.9 Å². The van der Waals surface area contributed by atoms with Gasteiger partial charge in [-0.15, -0.1) is 0 Å². The number of halogens is 1. The Balaban J connectivity index is 2.35. The Hall–Kier alpha value is -2.16. The van der Waals surface area contributed by atoms with Gasteiger partial charge in [-0.25, -0.2) is 0 Å². The zero-order valence-corrected chi connectivity index (χ0v) is 13.1. The highest BCUT2D eigenvalue weighted by molar-refractivity contribution is 14.1. The summed E-state index contributed by atoms with van der Waals surface area (Å²) < 4.78 is 2.28. The van der Waals surface area contributed by atoms with Crippen LogP contribution in [0.15, 0.2) is 29.1 Å². The number of fused-ring (bicyclic) bond motifs is 1. The third kappa shape index (κ3) is 2.04. The molecule has 0 aliphatic carbocycles. The molecule has 6 nitrogen and oxygen atoms in total. The Morgan fingerprint density at radius 2 is 1.86 bits per heavy atom. The van der Waals surface area contributed by atoms with Crippen LogP contribution in [0.1, 0.15) is 26.3 Å². The minimum atomic E-state index is -0.592. The molecule has 106 valence electrons. The molecule has 0 unspecified atom stereocenters. The van der Waals surface area contributed by atoms with Gasteiger partial charge < -0.3 is 5.73 Å². The van der Waals surface area contributed by atoms with Crippen molar-refractivity contribution in [1.29, 1.82) is 0 Å². The number of aryl methyl sites for hydroxylation is 1. The van der Waals surface area contributed by atoms with Gasteiger partial charge in [-0.3, -0.25) is 24.3 Å². The number of benzene rings is 1. The van der Waals surface area contributed by atoms with Crippen molar-refractivity contribution in [2.45, 2.75) is 6.92 Å². The lowest BCUT2D eigenvalue weighted by atomic mass is 10.1. The van der Waals surface area contributed by atoms with E-state index in [0.29, 0.717) is 5.69 Å². The molecule has 1 aliphatic heterocycles. The van der Waals surface area contributed by atoms with Gasteiger partial charge in [-0.2, -0.15) is 0 Å². The largest absolute Gasteiger partial charge is 0.384 e. The van der Waals surface area contributed by atoms with Crippen LogP contribution in [-0.2, 0) is 0 Å². The first-order valence-electron chi connectivity index (χ1n) is 6.08. The maximum Gasteiger partial charge on any atom is 0.262 e. The maximum absolute atomic E-state index is 12.3. The highest BCUT2D eigenvalue weighted by Gasteiger charge is 2.31. The van der Waals surface area contributed by atoms with E-state index in [-0.39, 0.29) is 16.9 Å². The predicted molar refractivity (Wildman–Crippen MR) is 85.7 cm³/mol. The number of carbonyl (C=O) groups excluding carboxylic acids is 2. The van der Waals surface area contributed by atoms with Gasteiger partial charge in [0.2, 0.25) is 0 Å². The van der Waals surface area contributed by atoms with Gasteiger partial charge in [-0.1, -0.05) is 0 Å². The van der Waals surface area contributed by atoms with E-state index in [1.165, 1.54) is 4.57 Å². The summed E-state index contributed by atoms with van der Waals surface area (Å²) >= 11 is 2.17. The van der Waals surface area contributed by atoms with Crippen molar-refractivity contribution in [2.24, 2.45) is 0 Å². The molecule has 2 aromatic rings. The fourth-order valence-corrected chi connectivity index (χ4v) is 3.04. The number of nitrogen functional groups attached to an aromatic ring is 1. The summed E-state index contributed by atoms with van der Waals surface area (Å²) in [5.74, 6) is -1.19. The van der Waals surface area contributed by atoms with E-state index < -0.39 is 17.4 Å². The topological polar surface area (TPSA) is 94.2 Å². The van der Waals surface area contributed by atoms with Crippen molar-refractivity contribution >= 4 is 40.2 Å². The first-order valence-corrected chi connectivity index (χ1v) is 7.15. The van der Waals surface area contributed by atoms with Gasteiger partial charge in [0, 0.05) is 9.64 Å². The molecule has 0 saturated carbocycles. The van der Waals surface area contributed by atoms with E-state index in [1.807, 2.05) is 19.1 Å². The van der Waals surface area contributed by atoms with Crippen LogP contribution in [0.25, 0.3) is 5.69 Å². The molecule has 0 radical (unpaired) electrons. The number of imide groups is 1. The fourth-order valence-electron chi connectivity index (χ4n) is 2.40. The van der Waals surface area contributed by atoms with Crippen LogP contribution in [0.5, 0.6) is 0 Å². The Morgan fingerprint density at radius 1 is 1.14 bits per heavy atom. The Kier molecular flexibility index (Phi) is 3.08. The van der Waals surface area contributed by atoms with Crippen LogP contribution in [0.4, 0.5) is 5.82 Å². The van der Waals surface area contributed by atoms with Crippen LogP contribution in [0.2, 0.25) is 0 Å². The molecule has 2 heterocycles. The number of nitrogens with two attached hydrogens (primary N) is 1. The molecule has 0 spiro atoms. The second-order valence-electron chi connectivity index (χ2n) is 4.71. The number of anilines is 1. The second-order valence-corrected chi connectivity index (χ2v) is 5.95. The third-order valence-electron chi connectivity index (χ3n) is 3.35. The number of hydrogen-bond acceptors (Lipinski definition) is 4. The molecule has 7 heteroatoms. The zero-order valence-electron chi connectivity index (χ0n) is 10.9. The monoisotopic (exact) mass is 395 g/mol. The summed E-state index contributed by atoms with van der Waals surface area (Å²) in [5.41, 5.74) is 7.05. The molecule has 3 N–H and O–H groups in total. The highest BCUT2D eigenvalue weighted by atomic mass is 127. The molecule has 0 saturated heterocycles. The maximum atomic E-state index is 12.3. The molecule has 1 aromatic heterocycles. The van der Waals surface area contributed by atoms with Gasteiger partial charge in [0.25, 0.3) is 17.4 Å². The summed E-state index contributed by atoms with van der Waals surface area (Å²) in [6, 6.07) is 6.65. The van der Waals surface area contributed by atoms with E-state index in [9.17, 15) is 14.4 Å². The van der Waals surface area contributed by atoms with Crippen molar-refractivity contribution in [3.8, 4) is 5.69 Å². The first kappa shape index (κ1) is 13.8. The van der Waals surface area contributed by atoms with Crippen LogP contribution >= 0.6 is 22.6 Å². The average Bonchev–Trinajstić information content (AvgIpc) is 2.67. The van der Waals surface area contributed by atoms with E-state index >= 15 is 0 Å². The van der Waals surface area contributed by atoms with Gasteiger partial charge in [0.05, 0.1) is 16.8 Å². The van der Waals surface area contributed by atoms with Crippen molar-refractivity contribution in [3.05, 3.63) is 54.9 Å². The number of nitrogens with zero attached hydrogens (tertiary/aromatic N) is 1. The minimum absolute atomic E-state index is 0.0230. The van der Waals surface area contributed by atoms with E-state index in [4.69, 9.17) is 5.73 Å². The summed E-state index contributed by atoms with van der Waals surface area (Å²) in [7, 11) is 0. The number of hydrogen-bond donors (Lipinski definition) is 2. The summed E-state index contributed by atoms with van der Waals surface area (Å²) in [6.07, 6.45) is 0. The van der Waals surface area contributed by atoms with Crippen LogP contribution in [0, 0.1) is 10.5 Å². The molecule has 3 rings (SSSR count). The van der Waals surface area contributed by atoms with Crippen LogP contribution in [0.3, 0.4) is 0 Å². The minimum Gasteiger partial charge on any atom is -0.384 e. The number of rotatable bonds is 1. The number of pyridine rings is 1. The number of amides is 2. The Labute approximate surface area is 133 Å². The SMILES string of the molecule is Cc1cc(I)ccc1-n1c(N)c2c(cc1=O)C(=O)NC2=O. The molecule has 1 aliphatic rings. The van der Waals surface area contributed by atoms with Crippen LogP contribution < -0.4 is 16.6 Å². The smallest absolute Gasteiger partial charge is 0.262 e. The van der Waals surface area contributed by atoms with E-state index in [1.54, 1.807) is 6.07 Å². The van der Waals surface area contributed by atoms with E-state index in [0.717, 1.165) is 15.2 Å². The molecule has 2 amide bonds. The van der Waals surface area contributed by atoms with Crippen molar-refractivity contribution in [2.75, 3.05) is 5.73 Å².